The number of halogens is 1. The number of hydrogen-bond donors (Lipinski definition) is 0. The molecule has 0 bridgehead atoms. The Morgan fingerprint density at radius 1 is 1.58 bits per heavy atom. The second kappa shape index (κ2) is 6.93. The van der Waals surface area contributed by atoms with Gasteiger partial charge in [0.15, 0.2) is 6.04 Å². The minimum absolute atomic E-state index is 0.0516. The number of ether oxygens (including phenoxy) is 1. The van der Waals surface area contributed by atoms with E-state index in [1.54, 1.807) is 13.8 Å². The van der Waals surface area contributed by atoms with Crippen LogP contribution >= 0.6 is 15.9 Å². The number of benzene rings is 1. The first-order valence-corrected chi connectivity index (χ1v) is 6.26. The molecule has 0 radical (unpaired) electrons. The fourth-order valence-corrected chi connectivity index (χ4v) is 1.60. The lowest BCUT2D eigenvalue weighted by molar-refractivity contribution is -0.384. The molecule has 1 aromatic rings. The third kappa shape index (κ3) is 4.40. The van der Waals surface area contributed by atoms with E-state index in [0.717, 1.165) is 0 Å². The largest absolute Gasteiger partial charge is 0.464 e. The summed E-state index contributed by atoms with van der Waals surface area (Å²) in [5.74, 6) is -0.468. The number of rotatable bonds is 5. The highest BCUT2D eigenvalue weighted by atomic mass is 79.9. The van der Waals surface area contributed by atoms with Gasteiger partial charge in [0.1, 0.15) is 0 Å². The summed E-state index contributed by atoms with van der Waals surface area (Å²) in [6, 6.07) is 3.36. The normalized spacial score (nSPS) is 12.4. The molecule has 8 heteroatoms. The molecule has 0 spiro atoms. The van der Waals surface area contributed by atoms with Crippen molar-refractivity contribution in [2.75, 3.05) is 6.61 Å². The lowest BCUT2D eigenvalue weighted by Gasteiger charge is -2.04. The van der Waals surface area contributed by atoms with Gasteiger partial charge in [0.2, 0.25) is 0 Å². The Labute approximate surface area is 117 Å². The van der Waals surface area contributed by atoms with Crippen LogP contribution in [-0.2, 0) is 9.53 Å². The molecule has 0 amide bonds. The van der Waals surface area contributed by atoms with Crippen molar-refractivity contribution in [3.05, 3.63) is 32.8 Å². The Bertz CT molecular complexity index is 519. The minimum Gasteiger partial charge on any atom is -0.464 e. The van der Waals surface area contributed by atoms with Crippen LogP contribution in [0.5, 0.6) is 0 Å². The first-order chi connectivity index (χ1) is 8.95. The lowest BCUT2D eigenvalue weighted by atomic mass is 10.3. The summed E-state index contributed by atoms with van der Waals surface area (Å²) in [7, 11) is 0. The van der Waals surface area contributed by atoms with Gasteiger partial charge in [-0.15, -0.1) is 0 Å². The maximum absolute atomic E-state index is 11.3. The molecular weight excluding hydrogens is 318 g/mol. The molecule has 1 atom stereocenters. The van der Waals surface area contributed by atoms with E-state index in [0.29, 0.717) is 10.2 Å². The number of esters is 1. The molecular formula is C11H12BrN3O4. The molecule has 0 aliphatic carbocycles. The van der Waals surface area contributed by atoms with Crippen LogP contribution in [0.4, 0.5) is 11.4 Å². The molecule has 1 rings (SSSR count). The highest BCUT2D eigenvalue weighted by Gasteiger charge is 2.13. The van der Waals surface area contributed by atoms with Crippen molar-refractivity contribution in [1.29, 1.82) is 0 Å². The third-order valence-electron chi connectivity index (χ3n) is 2.11. The Morgan fingerprint density at radius 3 is 2.79 bits per heavy atom. The van der Waals surface area contributed by atoms with E-state index in [2.05, 4.69) is 26.2 Å². The van der Waals surface area contributed by atoms with Gasteiger partial charge in [0.25, 0.3) is 5.69 Å². The monoisotopic (exact) mass is 329 g/mol. The second-order valence-corrected chi connectivity index (χ2v) is 4.39. The van der Waals surface area contributed by atoms with Crippen molar-refractivity contribution < 1.29 is 14.5 Å². The Balaban J connectivity index is 2.82. The van der Waals surface area contributed by atoms with Crippen LogP contribution < -0.4 is 0 Å². The predicted octanol–water partition coefficient (Wildman–Crippen LogP) is 3.39. The van der Waals surface area contributed by atoms with E-state index in [4.69, 9.17) is 4.74 Å². The SMILES string of the molecule is CCOC(=O)C(C)N=Nc1ccc([N+](=O)[O-])cc1Br. The number of azo groups is 1. The Hall–Kier alpha value is -1.83. The van der Waals surface area contributed by atoms with Gasteiger partial charge in [-0.1, -0.05) is 0 Å². The predicted molar refractivity (Wildman–Crippen MR) is 71.4 cm³/mol. The van der Waals surface area contributed by atoms with Crippen LogP contribution in [0.15, 0.2) is 32.9 Å². The molecule has 19 heavy (non-hydrogen) atoms. The molecule has 0 aromatic heterocycles. The zero-order chi connectivity index (χ0) is 14.4. The maximum atomic E-state index is 11.3. The van der Waals surface area contributed by atoms with E-state index in [1.165, 1.54) is 18.2 Å². The summed E-state index contributed by atoms with van der Waals surface area (Å²) in [4.78, 5) is 21.4. The molecule has 0 aliphatic heterocycles. The van der Waals surface area contributed by atoms with Gasteiger partial charge in [-0.25, -0.2) is 4.79 Å². The highest BCUT2D eigenvalue weighted by molar-refractivity contribution is 9.10. The molecule has 0 fully saturated rings. The minimum atomic E-state index is -0.720. The van der Waals surface area contributed by atoms with E-state index < -0.39 is 16.9 Å². The van der Waals surface area contributed by atoms with Crippen LogP contribution in [0.2, 0.25) is 0 Å². The number of nitro groups is 1. The van der Waals surface area contributed by atoms with Crippen molar-refractivity contribution in [3.63, 3.8) is 0 Å². The number of carbonyl (C=O) groups excluding carboxylic acids is 1. The zero-order valence-corrected chi connectivity index (χ0v) is 12.0. The van der Waals surface area contributed by atoms with E-state index in [1.807, 2.05) is 0 Å². The molecule has 0 saturated carbocycles. The third-order valence-corrected chi connectivity index (χ3v) is 2.74. The fourth-order valence-electron chi connectivity index (χ4n) is 1.15. The summed E-state index contributed by atoms with van der Waals surface area (Å²) >= 11 is 3.16. The van der Waals surface area contributed by atoms with Gasteiger partial charge in [0, 0.05) is 12.1 Å². The van der Waals surface area contributed by atoms with Gasteiger partial charge >= 0.3 is 5.97 Å². The number of nitro benzene ring substituents is 1. The van der Waals surface area contributed by atoms with Crippen LogP contribution in [-0.4, -0.2) is 23.5 Å². The van der Waals surface area contributed by atoms with Crippen LogP contribution in [0.25, 0.3) is 0 Å². The average Bonchev–Trinajstić information content (AvgIpc) is 2.36. The Morgan fingerprint density at radius 2 is 2.26 bits per heavy atom. The van der Waals surface area contributed by atoms with Gasteiger partial charge in [-0.05, 0) is 35.8 Å². The summed E-state index contributed by atoms with van der Waals surface area (Å²) in [5, 5.41) is 18.2. The number of nitrogens with zero attached hydrogens (tertiary/aromatic N) is 3. The lowest BCUT2D eigenvalue weighted by Crippen LogP contribution is -2.17. The molecule has 1 aromatic carbocycles. The van der Waals surface area contributed by atoms with Gasteiger partial charge in [-0.3, -0.25) is 10.1 Å². The van der Waals surface area contributed by atoms with Crippen molar-refractivity contribution in [3.8, 4) is 0 Å². The number of non-ortho nitro benzene ring substituents is 1. The first kappa shape index (κ1) is 15.2. The molecule has 0 heterocycles. The second-order valence-electron chi connectivity index (χ2n) is 3.54. The van der Waals surface area contributed by atoms with E-state index in [-0.39, 0.29) is 12.3 Å². The van der Waals surface area contributed by atoms with Crippen LogP contribution in [0.1, 0.15) is 13.8 Å². The van der Waals surface area contributed by atoms with E-state index >= 15 is 0 Å². The van der Waals surface area contributed by atoms with Gasteiger partial charge in [-0.2, -0.15) is 10.2 Å². The number of carbonyl (C=O) groups is 1. The van der Waals surface area contributed by atoms with Crippen molar-refractivity contribution in [2.24, 2.45) is 10.2 Å². The topological polar surface area (TPSA) is 94.2 Å². The smallest absolute Gasteiger partial charge is 0.332 e. The standard InChI is InChI=1S/C11H12BrN3O4/c1-3-19-11(16)7(2)13-14-10-5-4-8(15(17)18)6-9(10)12/h4-7H,3H2,1-2H3. The first-order valence-electron chi connectivity index (χ1n) is 5.47. The van der Waals surface area contributed by atoms with E-state index in [9.17, 15) is 14.9 Å². The molecule has 0 N–H and O–H groups in total. The summed E-state index contributed by atoms with van der Waals surface area (Å²) < 4.78 is 5.21. The molecule has 0 aliphatic rings. The molecule has 7 nitrogen and oxygen atoms in total. The summed E-state index contributed by atoms with van der Waals surface area (Å²) in [6.07, 6.45) is 0. The van der Waals surface area contributed by atoms with Crippen LogP contribution in [0.3, 0.4) is 0 Å². The van der Waals surface area contributed by atoms with Gasteiger partial charge < -0.3 is 4.74 Å². The zero-order valence-electron chi connectivity index (χ0n) is 10.4. The van der Waals surface area contributed by atoms with Crippen molar-refractivity contribution in [2.45, 2.75) is 19.9 Å². The maximum Gasteiger partial charge on any atom is 0.332 e. The quantitative estimate of drug-likeness (QED) is 0.358. The summed E-state index contributed by atoms with van der Waals surface area (Å²) in [6.45, 7) is 3.54. The van der Waals surface area contributed by atoms with Crippen molar-refractivity contribution >= 4 is 33.3 Å². The molecule has 1 unspecified atom stereocenters. The highest BCUT2D eigenvalue weighted by Crippen LogP contribution is 2.29. The number of hydrogen-bond acceptors (Lipinski definition) is 6. The van der Waals surface area contributed by atoms with Crippen molar-refractivity contribution in [1.82, 2.24) is 0 Å². The van der Waals surface area contributed by atoms with Gasteiger partial charge in [0.05, 0.1) is 21.7 Å². The Kier molecular flexibility index (Phi) is 5.56. The fraction of sp³-hybridized carbons (Fsp3) is 0.364. The molecule has 102 valence electrons. The molecule has 0 saturated heterocycles. The average molecular weight is 330 g/mol. The van der Waals surface area contributed by atoms with Crippen LogP contribution in [0, 0.1) is 10.1 Å². The summed E-state index contributed by atoms with van der Waals surface area (Å²) in [5.41, 5.74) is 0.353.